The lowest BCUT2D eigenvalue weighted by atomic mass is 10.1. The lowest BCUT2D eigenvalue weighted by Crippen LogP contribution is -2.32. The van der Waals surface area contributed by atoms with E-state index in [1.165, 1.54) is 0 Å². The summed E-state index contributed by atoms with van der Waals surface area (Å²) < 4.78 is 58.9. The van der Waals surface area contributed by atoms with Crippen molar-refractivity contribution in [3.05, 3.63) is 17.1 Å². The standard InChI is InChI=1S/C11H13F4N3O2/c12-10(13)11(14,15)5-20-4-8-17-7-1-2-19-3-6(7)9(16)18-8/h10H,1-5H2,(H2,16,17,18). The molecule has 0 amide bonds. The molecule has 0 spiro atoms. The van der Waals surface area contributed by atoms with Crippen LogP contribution in [-0.4, -0.2) is 35.5 Å². The number of nitrogen functional groups attached to an aromatic ring is 1. The molecule has 9 heteroatoms. The summed E-state index contributed by atoms with van der Waals surface area (Å²) in [5, 5.41) is 0. The zero-order valence-corrected chi connectivity index (χ0v) is 10.4. The van der Waals surface area contributed by atoms with Crippen molar-refractivity contribution >= 4 is 5.82 Å². The first-order valence-electron chi connectivity index (χ1n) is 5.86. The molecule has 1 aliphatic heterocycles. The Morgan fingerprint density at radius 1 is 1.35 bits per heavy atom. The SMILES string of the molecule is Nc1nc(COCC(F)(F)C(F)F)nc2c1COCC2. The van der Waals surface area contributed by atoms with Crippen LogP contribution in [0, 0.1) is 0 Å². The fourth-order valence-corrected chi connectivity index (χ4v) is 1.72. The number of halogens is 4. The van der Waals surface area contributed by atoms with Crippen LogP contribution in [0.5, 0.6) is 0 Å². The average Bonchev–Trinajstić information content (AvgIpc) is 2.38. The largest absolute Gasteiger partial charge is 0.383 e. The summed E-state index contributed by atoms with van der Waals surface area (Å²) in [5.41, 5.74) is 7.03. The van der Waals surface area contributed by atoms with Crippen molar-refractivity contribution in [3.8, 4) is 0 Å². The maximum atomic E-state index is 12.6. The Balaban J connectivity index is 1.99. The number of fused-ring (bicyclic) bond motifs is 1. The molecule has 0 bridgehead atoms. The summed E-state index contributed by atoms with van der Waals surface area (Å²) in [6, 6.07) is 0. The smallest absolute Gasteiger partial charge is 0.330 e. The van der Waals surface area contributed by atoms with Crippen molar-refractivity contribution in [1.82, 2.24) is 9.97 Å². The molecule has 112 valence electrons. The molecule has 5 nitrogen and oxygen atoms in total. The molecule has 0 saturated heterocycles. The van der Waals surface area contributed by atoms with E-state index in [0.717, 1.165) is 0 Å². The topological polar surface area (TPSA) is 70.3 Å². The lowest BCUT2D eigenvalue weighted by Gasteiger charge is -2.18. The van der Waals surface area contributed by atoms with E-state index in [0.29, 0.717) is 30.9 Å². The van der Waals surface area contributed by atoms with E-state index in [4.69, 9.17) is 10.5 Å². The van der Waals surface area contributed by atoms with Crippen molar-refractivity contribution < 1.29 is 27.0 Å². The molecule has 2 heterocycles. The summed E-state index contributed by atoms with van der Waals surface area (Å²) in [4.78, 5) is 7.99. The van der Waals surface area contributed by atoms with Crippen LogP contribution >= 0.6 is 0 Å². The first-order chi connectivity index (χ1) is 9.40. The second kappa shape index (κ2) is 5.88. The molecular formula is C11H13F4N3O2. The number of alkyl halides is 4. The number of aromatic nitrogens is 2. The van der Waals surface area contributed by atoms with Crippen LogP contribution in [-0.2, 0) is 29.1 Å². The maximum absolute atomic E-state index is 12.6. The van der Waals surface area contributed by atoms with E-state index in [2.05, 4.69) is 14.7 Å². The fourth-order valence-electron chi connectivity index (χ4n) is 1.72. The zero-order chi connectivity index (χ0) is 14.8. The van der Waals surface area contributed by atoms with Gasteiger partial charge in [0.25, 0.3) is 0 Å². The quantitative estimate of drug-likeness (QED) is 0.835. The number of anilines is 1. The van der Waals surface area contributed by atoms with E-state index in [1.54, 1.807) is 0 Å². The van der Waals surface area contributed by atoms with Gasteiger partial charge in [0.2, 0.25) is 0 Å². The lowest BCUT2D eigenvalue weighted by molar-refractivity contribution is -0.168. The minimum atomic E-state index is -4.19. The second-order valence-electron chi connectivity index (χ2n) is 4.31. The van der Waals surface area contributed by atoms with E-state index in [1.807, 2.05) is 0 Å². The number of hydrogen-bond donors (Lipinski definition) is 1. The van der Waals surface area contributed by atoms with Gasteiger partial charge in [-0.1, -0.05) is 0 Å². The number of hydrogen-bond acceptors (Lipinski definition) is 5. The van der Waals surface area contributed by atoms with E-state index >= 15 is 0 Å². The Morgan fingerprint density at radius 2 is 2.10 bits per heavy atom. The van der Waals surface area contributed by atoms with Crippen LogP contribution in [0.4, 0.5) is 23.4 Å². The second-order valence-corrected chi connectivity index (χ2v) is 4.31. The summed E-state index contributed by atoms with van der Waals surface area (Å²) in [7, 11) is 0. The first-order valence-corrected chi connectivity index (χ1v) is 5.86. The normalized spacial score (nSPS) is 15.4. The molecule has 0 radical (unpaired) electrons. The maximum Gasteiger partial charge on any atom is 0.330 e. The van der Waals surface area contributed by atoms with Crippen molar-refractivity contribution in [2.24, 2.45) is 0 Å². The molecule has 0 fully saturated rings. The first kappa shape index (κ1) is 14.9. The van der Waals surface area contributed by atoms with Crippen LogP contribution in [0.25, 0.3) is 0 Å². The van der Waals surface area contributed by atoms with Gasteiger partial charge in [-0.2, -0.15) is 8.78 Å². The van der Waals surface area contributed by atoms with Gasteiger partial charge < -0.3 is 15.2 Å². The summed E-state index contributed by atoms with van der Waals surface area (Å²) >= 11 is 0. The van der Waals surface area contributed by atoms with Gasteiger partial charge >= 0.3 is 12.3 Å². The average molecular weight is 295 g/mol. The van der Waals surface area contributed by atoms with Crippen LogP contribution in [0.3, 0.4) is 0 Å². The highest BCUT2D eigenvalue weighted by Crippen LogP contribution is 2.24. The Morgan fingerprint density at radius 3 is 2.80 bits per heavy atom. The van der Waals surface area contributed by atoms with Crippen LogP contribution in [0.2, 0.25) is 0 Å². The number of nitrogens with two attached hydrogens (primary N) is 1. The van der Waals surface area contributed by atoms with Gasteiger partial charge in [-0.05, 0) is 0 Å². The molecule has 0 atom stereocenters. The summed E-state index contributed by atoms with van der Waals surface area (Å²) in [6.07, 6.45) is -3.24. The Bertz CT molecular complexity index is 485. The van der Waals surface area contributed by atoms with Crippen molar-refractivity contribution in [2.45, 2.75) is 32.0 Å². The molecule has 0 aliphatic carbocycles. The molecule has 0 saturated carbocycles. The zero-order valence-electron chi connectivity index (χ0n) is 10.4. The highest BCUT2D eigenvalue weighted by atomic mass is 19.3. The minimum Gasteiger partial charge on any atom is -0.383 e. The molecule has 0 aromatic carbocycles. The molecule has 2 rings (SSSR count). The Hall–Kier alpha value is -1.48. The highest BCUT2D eigenvalue weighted by Gasteiger charge is 2.41. The monoisotopic (exact) mass is 295 g/mol. The fraction of sp³-hybridized carbons (Fsp3) is 0.636. The van der Waals surface area contributed by atoms with Gasteiger partial charge in [0, 0.05) is 12.0 Å². The molecular weight excluding hydrogens is 282 g/mol. The van der Waals surface area contributed by atoms with Crippen molar-refractivity contribution in [2.75, 3.05) is 18.9 Å². The molecule has 1 aromatic heterocycles. The van der Waals surface area contributed by atoms with E-state index < -0.39 is 25.6 Å². The van der Waals surface area contributed by atoms with Gasteiger partial charge in [-0.25, -0.2) is 18.7 Å². The third-order valence-electron chi connectivity index (χ3n) is 2.75. The molecule has 0 unspecified atom stereocenters. The van der Waals surface area contributed by atoms with Crippen LogP contribution in [0.15, 0.2) is 0 Å². The van der Waals surface area contributed by atoms with Crippen LogP contribution < -0.4 is 5.73 Å². The number of nitrogens with zero attached hydrogens (tertiary/aromatic N) is 2. The summed E-state index contributed by atoms with van der Waals surface area (Å²) in [5.74, 6) is -3.91. The Labute approximate surface area is 112 Å². The third-order valence-corrected chi connectivity index (χ3v) is 2.75. The number of rotatable bonds is 5. The van der Waals surface area contributed by atoms with Crippen molar-refractivity contribution in [3.63, 3.8) is 0 Å². The van der Waals surface area contributed by atoms with Gasteiger partial charge in [0.1, 0.15) is 19.0 Å². The number of ether oxygens (including phenoxy) is 2. The minimum absolute atomic E-state index is 0.0909. The van der Waals surface area contributed by atoms with Gasteiger partial charge in [-0.15, -0.1) is 0 Å². The van der Waals surface area contributed by atoms with E-state index in [9.17, 15) is 17.6 Å². The predicted octanol–water partition coefficient (Wildman–Crippen LogP) is 1.55. The van der Waals surface area contributed by atoms with Crippen LogP contribution in [0.1, 0.15) is 17.1 Å². The van der Waals surface area contributed by atoms with Crippen molar-refractivity contribution in [1.29, 1.82) is 0 Å². The summed E-state index contributed by atoms with van der Waals surface area (Å²) in [6.45, 7) is -1.02. The van der Waals surface area contributed by atoms with Gasteiger partial charge in [0.15, 0.2) is 5.82 Å². The highest BCUT2D eigenvalue weighted by molar-refractivity contribution is 5.42. The third kappa shape index (κ3) is 3.34. The van der Waals surface area contributed by atoms with Gasteiger partial charge in [0.05, 0.1) is 18.9 Å². The Kier molecular flexibility index (Phi) is 4.39. The van der Waals surface area contributed by atoms with Gasteiger partial charge in [-0.3, -0.25) is 0 Å². The molecule has 20 heavy (non-hydrogen) atoms. The molecule has 1 aliphatic rings. The molecule has 1 aromatic rings. The molecule has 2 N–H and O–H groups in total. The van der Waals surface area contributed by atoms with E-state index in [-0.39, 0.29) is 11.6 Å². The predicted molar refractivity (Wildman–Crippen MR) is 60.4 cm³/mol.